The number of hydrogen-bond donors (Lipinski definition) is 1. The van der Waals surface area contributed by atoms with Crippen molar-refractivity contribution in [3.8, 4) is 0 Å². The van der Waals surface area contributed by atoms with Gasteiger partial charge in [0, 0.05) is 40.3 Å². The van der Waals surface area contributed by atoms with Crippen LogP contribution in [0.1, 0.15) is 26.3 Å². The SMILES string of the molecule is CN(C)S(=O)(=O)c1c(N2CCNCC2)cccc1C(C)(C)C. The minimum Gasteiger partial charge on any atom is -0.368 e. The highest BCUT2D eigenvalue weighted by Crippen LogP contribution is 2.37. The van der Waals surface area contributed by atoms with Crippen molar-refractivity contribution < 1.29 is 8.42 Å². The van der Waals surface area contributed by atoms with Crippen molar-refractivity contribution in [2.45, 2.75) is 31.1 Å². The third kappa shape index (κ3) is 3.29. The molecular formula is C16H27N3O2S. The average molecular weight is 325 g/mol. The predicted octanol–water partition coefficient (Wildman–Crippen LogP) is 1.64. The van der Waals surface area contributed by atoms with Gasteiger partial charge in [-0.2, -0.15) is 0 Å². The Labute approximate surface area is 134 Å². The topological polar surface area (TPSA) is 52.7 Å². The standard InChI is InChI=1S/C16H27N3O2S/c1-16(2,3)13-7-6-8-14(19-11-9-17-10-12-19)15(13)22(20,21)18(4)5/h6-8,17H,9-12H2,1-5H3. The van der Waals surface area contributed by atoms with Gasteiger partial charge in [0.05, 0.1) is 5.69 Å². The summed E-state index contributed by atoms with van der Waals surface area (Å²) < 4.78 is 27.2. The fraction of sp³-hybridized carbons (Fsp3) is 0.625. The summed E-state index contributed by atoms with van der Waals surface area (Å²) in [6, 6.07) is 5.83. The van der Waals surface area contributed by atoms with Gasteiger partial charge in [0.25, 0.3) is 0 Å². The quantitative estimate of drug-likeness (QED) is 0.918. The van der Waals surface area contributed by atoms with E-state index in [1.54, 1.807) is 14.1 Å². The van der Waals surface area contributed by atoms with Crippen molar-refractivity contribution >= 4 is 15.7 Å². The molecule has 1 saturated heterocycles. The van der Waals surface area contributed by atoms with E-state index in [4.69, 9.17) is 0 Å². The lowest BCUT2D eigenvalue weighted by atomic mass is 9.86. The van der Waals surface area contributed by atoms with Gasteiger partial charge in [0.1, 0.15) is 4.90 Å². The van der Waals surface area contributed by atoms with Gasteiger partial charge in [-0.1, -0.05) is 32.9 Å². The van der Waals surface area contributed by atoms with E-state index in [2.05, 4.69) is 31.0 Å². The molecule has 0 aromatic heterocycles. The van der Waals surface area contributed by atoms with E-state index >= 15 is 0 Å². The van der Waals surface area contributed by atoms with Crippen LogP contribution in [0.25, 0.3) is 0 Å². The van der Waals surface area contributed by atoms with Gasteiger partial charge in [0.2, 0.25) is 10.0 Å². The van der Waals surface area contributed by atoms with E-state index in [1.807, 2.05) is 18.2 Å². The molecule has 0 saturated carbocycles. The molecule has 1 N–H and O–H groups in total. The number of rotatable bonds is 3. The molecule has 2 rings (SSSR count). The Kier molecular flexibility index (Phi) is 4.84. The molecule has 1 aromatic carbocycles. The Morgan fingerprint density at radius 2 is 1.73 bits per heavy atom. The van der Waals surface area contributed by atoms with E-state index in [-0.39, 0.29) is 5.41 Å². The Balaban J connectivity index is 2.68. The van der Waals surface area contributed by atoms with Crippen molar-refractivity contribution in [2.24, 2.45) is 0 Å². The molecule has 1 aromatic rings. The predicted molar refractivity (Wildman–Crippen MR) is 91.1 cm³/mol. The van der Waals surface area contributed by atoms with Crippen LogP contribution in [0.4, 0.5) is 5.69 Å². The zero-order valence-electron chi connectivity index (χ0n) is 14.2. The molecule has 1 aliphatic rings. The summed E-state index contributed by atoms with van der Waals surface area (Å²) in [6.07, 6.45) is 0. The van der Waals surface area contributed by atoms with Gasteiger partial charge >= 0.3 is 0 Å². The molecule has 0 spiro atoms. The Bertz CT molecular complexity index is 627. The molecule has 0 radical (unpaired) electrons. The first kappa shape index (κ1) is 17.2. The Hall–Kier alpha value is -1.11. The molecule has 1 aliphatic heterocycles. The van der Waals surface area contributed by atoms with E-state index < -0.39 is 10.0 Å². The van der Waals surface area contributed by atoms with Crippen LogP contribution in [0.3, 0.4) is 0 Å². The lowest BCUT2D eigenvalue weighted by molar-refractivity contribution is 0.508. The lowest BCUT2D eigenvalue weighted by Gasteiger charge is -2.34. The number of nitrogens with zero attached hydrogens (tertiary/aromatic N) is 2. The van der Waals surface area contributed by atoms with E-state index in [9.17, 15) is 8.42 Å². The summed E-state index contributed by atoms with van der Waals surface area (Å²) in [5.74, 6) is 0. The van der Waals surface area contributed by atoms with Crippen molar-refractivity contribution in [3.63, 3.8) is 0 Å². The normalized spacial score (nSPS) is 17.1. The van der Waals surface area contributed by atoms with Crippen LogP contribution in [0.5, 0.6) is 0 Å². The van der Waals surface area contributed by atoms with Crippen LogP contribution in [0, 0.1) is 0 Å². The highest BCUT2D eigenvalue weighted by Gasteiger charge is 2.32. The van der Waals surface area contributed by atoms with Crippen molar-refractivity contribution in [2.75, 3.05) is 45.2 Å². The molecule has 0 unspecified atom stereocenters. The van der Waals surface area contributed by atoms with Crippen LogP contribution < -0.4 is 10.2 Å². The average Bonchev–Trinajstić information content (AvgIpc) is 2.46. The van der Waals surface area contributed by atoms with Crippen molar-refractivity contribution in [1.29, 1.82) is 0 Å². The molecule has 0 bridgehead atoms. The third-order valence-corrected chi connectivity index (χ3v) is 5.91. The van der Waals surface area contributed by atoms with E-state index in [1.165, 1.54) is 4.31 Å². The second-order valence-electron chi connectivity index (χ2n) is 6.93. The van der Waals surface area contributed by atoms with Crippen molar-refractivity contribution in [1.82, 2.24) is 9.62 Å². The zero-order valence-corrected chi connectivity index (χ0v) is 15.0. The first-order valence-electron chi connectivity index (χ1n) is 7.67. The largest absolute Gasteiger partial charge is 0.368 e. The summed E-state index contributed by atoms with van der Waals surface area (Å²) in [7, 11) is -0.312. The minimum absolute atomic E-state index is 0.234. The smallest absolute Gasteiger partial charge is 0.244 e. The molecule has 1 heterocycles. The minimum atomic E-state index is -3.50. The lowest BCUT2D eigenvalue weighted by Crippen LogP contribution is -2.44. The highest BCUT2D eigenvalue weighted by molar-refractivity contribution is 7.89. The number of sulfonamides is 1. The Morgan fingerprint density at radius 1 is 1.14 bits per heavy atom. The molecule has 6 heteroatoms. The van der Waals surface area contributed by atoms with Gasteiger partial charge in [0.15, 0.2) is 0 Å². The molecular weight excluding hydrogens is 298 g/mol. The van der Waals surface area contributed by atoms with Crippen LogP contribution in [-0.4, -0.2) is 53.0 Å². The first-order chi connectivity index (χ1) is 10.2. The summed E-state index contributed by atoms with van der Waals surface area (Å²) >= 11 is 0. The number of nitrogens with one attached hydrogen (secondary N) is 1. The van der Waals surface area contributed by atoms with Crippen LogP contribution in [0.15, 0.2) is 23.1 Å². The van der Waals surface area contributed by atoms with E-state index in [0.717, 1.165) is 37.4 Å². The maximum atomic E-state index is 12.9. The van der Waals surface area contributed by atoms with Crippen molar-refractivity contribution in [3.05, 3.63) is 23.8 Å². The van der Waals surface area contributed by atoms with E-state index in [0.29, 0.717) is 4.90 Å². The third-order valence-electron chi connectivity index (χ3n) is 4.00. The summed E-state index contributed by atoms with van der Waals surface area (Å²) in [5, 5.41) is 3.31. The maximum Gasteiger partial charge on any atom is 0.244 e. The Morgan fingerprint density at radius 3 is 2.23 bits per heavy atom. The maximum absolute atomic E-state index is 12.9. The molecule has 22 heavy (non-hydrogen) atoms. The van der Waals surface area contributed by atoms with Gasteiger partial charge in [-0.05, 0) is 17.0 Å². The van der Waals surface area contributed by atoms with Crippen LogP contribution >= 0.6 is 0 Å². The number of hydrogen-bond acceptors (Lipinski definition) is 4. The van der Waals surface area contributed by atoms with Gasteiger partial charge < -0.3 is 10.2 Å². The van der Waals surface area contributed by atoms with Gasteiger partial charge in [-0.15, -0.1) is 0 Å². The van der Waals surface area contributed by atoms with Crippen LogP contribution in [-0.2, 0) is 15.4 Å². The number of benzene rings is 1. The van der Waals surface area contributed by atoms with Gasteiger partial charge in [-0.3, -0.25) is 0 Å². The fourth-order valence-electron chi connectivity index (χ4n) is 2.72. The second-order valence-corrected chi connectivity index (χ2v) is 9.02. The summed E-state index contributed by atoms with van der Waals surface area (Å²) in [5.41, 5.74) is 1.46. The molecule has 5 nitrogen and oxygen atoms in total. The monoisotopic (exact) mass is 325 g/mol. The summed E-state index contributed by atoms with van der Waals surface area (Å²) in [4.78, 5) is 2.62. The molecule has 124 valence electrons. The zero-order chi connectivity index (χ0) is 16.5. The summed E-state index contributed by atoms with van der Waals surface area (Å²) in [6.45, 7) is 9.56. The number of anilines is 1. The fourth-order valence-corrected chi connectivity index (χ4v) is 4.20. The number of piperazine rings is 1. The molecule has 0 aliphatic carbocycles. The van der Waals surface area contributed by atoms with Gasteiger partial charge in [-0.25, -0.2) is 12.7 Å². The molecule has 1 fully saturated rings. The molecule has 0 amide bonds. The first-order valence-corrected chi connectivity index (χ1v) is 9.11. The molecule has 0 atom stereocenters. The second kappa shape index (κ2) is 6.18. The van der Waals surface area contributed by atoms with Crippen LogP contribution in [0.2, 0.25) is 0 Å². The highest BCUT2D eigenvalue weighted by atomic mass is 32.2.